The Morgan fingerprint density at radius 3 is 3.00 bits per heavy atom. The van der Waals surface area contributed by atoms with Gasteiger partial charge in [-0.05, 0) is 24.1 Å². The number of aliphatic hydroxyl groups is 1. The second-order valence-electron chi connectivity index (χ2n) is 4.68. The van der Waals surface area contributed by atoms with E-state index in [9.17, 15) is 9.90 Å². The van der Waals surface area contributed by atoms with Crippen LogP contribution in [0.15, 0.2) is 24.3 Å². The number of hydrogen-bond acceptors (Lipinski definition) is 3. The minimum Gasteiger partial charge on any atom is -0.394 e. The minimum atomic E-state index is -0.548. The van der Waals surface area contributed by atoms with Crippen LogP contribution in [0.5, 0.6) is 0 Å². The zero-order valence-electron chi connectivity index (χ0n) is 10.3. The molecule has 2 atom stereocenters. The molecule has 0 aromatic heterocycles. The van der Waals surface area contributed by atoms with Crippen LogP contribution in [-0.4, -0.2) is 36.8 Å². The first-order valence-electron chi connectivity index (χ1n) is 6.02. The van der Waals surface area contributed by atoms with Crippen LogP contribution in [0.1, 0.15) is 6.92 Å². The maximum absolute atomic E-state index is 11.9. The van der Waals surface area contributed by atoms with Gasteiger partial charge in [-0.25, -0.2) is 0 Å². The van der Waals surface area contributed by atoms with Crippen molar-refractivity contribution < 1.29 is 9.90 Å². The highest BCUT2D eigenvalue weighted by Crippen LogP contribution is 2.23. The van der Waals surface area contributed by atoms with Gasteiger partial charge in [0.05, 0.1) is 6.61 Å². The first kappa shape index (κ1) is 13.2. The summed E-state index contributed by atoms with van der Waals surface area (Å²) in [6, 6.07) is 6.81. The smallest absolute Gasteiger partial charge is 0.245 e. The van der Waals surface area contributed by atoms with Gasteiger partial charge in [0.2, 0.25) is 5.91 Å². The van der Waals surface area contributed by atoms with Crippen molar-refractivity contribution in [3.63, 3.8) is 0 Å². The average molecular weight is 269 g/mol. The number of nitrogens with zero attached hydrogens (tertiary/aromatic N) is 1. The molecule has 1 aromatic carbocycles. The average Bonchev–Trinajstić information content (AvgIpc) is 2.49. The van der Waals surface area contributed by atoms with Crippen LogP contribution < -0.4 is 10.2 Å². The Balaban J connectivity index is 2.34. The Morgan fingerprint density at radius 1 is 1.56 bits per heavy atom. The highest BCUT2D eigenvalue weighted by Gasteiger charge is 2.30. The van der Waals surface area contributed by atoms with Gasteiger partial charge in [-0.3, -0.25) is 4.79 Å². The van der Waals surface area contributed by atoms with Crippen LogP contribution in [0.4, 0.5) is 5.69 Å². The Labute approximate surface area is 112 Å². The topological polar surface area (TPSA) is 52.6 Å². The van der Waals surface area contributed by atoms with Gasteiger partial charge in [-0.1, -0.05) is 24.6 Å². The van der Waals surface area contributed by atoms with E-state index in [0.717, 1.165) is 5.69 Å². The van der Waals surface area contributed by atoms with Crippen molar-refractivity contribution in [2.24, 2.45) is 5.92 Å². The summed E-state index contributed by atoms with van der Waals surface area (Å²) in [6.07, 6.45) is 0. The summed E-state index contributed by atoms with van der Waals surface area (Å²) in [7, 11) is 0. The van der Waals surface area contributed by atoms with Crippen LogP contribution in [0, 0.1) is 5.92 Å². The molecule has 0 spiro atoms. The molecule has 98 valence electrons. The first-order valence-corrected chi connectivity index (χ1v) is 6.40. The molecule has 5 heteroatoms. The lowest BCUT2D eigenvalue weighted by molar-refractivity contribution is -0.122. The third kappa shape index (κ3) is 2.76. The molecule has 0 radical (unpaired) electrons. The second kappa shape index (κ2) is 5.59. The molecule has 0 bridgehead atoms. The summed E-state index contributed by atoms with van der Waals surface area (Å²) in [6.45, 7) is 3.21. The number of carbonyl (C=O) groups is 1. The lowest BCUT2D eigenvalue weighted by Gasteiger charge is -2.30. The lowest BCUT2D eigenvalue weighted by atomic mass is 10.1. The number of benzene rings is 1. The van der Waals surface area contributed by atoms with Gasteiger partial charge in [0, 0.05) is 23.8 Å². The summed E-state index contributed by atoms with van der Waals surface area (Å²) in [5.41, 5.74) is 0.866. The molecule has 1 aliphatic heterocycles. The maximum atomic E-state index is 11.9. The van der Waals surface area contributed by atoms with Crippen LogP contribution in [-0.2, 0) is 4.79 Å². The van der Waals surface area contributed by atoms with E-state index in [0.29, 0.717) is 24.0 Å². The maximum Gasteiger partial charge on any atom is 0.245 e. The lowest BCUT2D eigenvalue weighted by Crippen LogP contribution is -2.47. The Hall–Kier alpha value is -1.26. The number of nitrogens with one attached hydrogen (secondary N) is 1. The standard InChI is InChI=1S/C13H17ClN2O2/c1-9-6-15-13(18)12(8-17)16(7-9)11-4-2-3-10(14)5-11/h2-5,9,12,17H,6-8H2,1H3,(H,15,18). The molecule has 18 heavy (non-hydrogen) atoms. The molecule has 2 N–H and O–H groups in total. The van der Waals surface area contributed by atoms with E-state index in [1.807, 2.05) is 23.1 Å². The van der Waals surface area contributed by atoms with Crippen molar-refractivity contribution >= 4 is 23.2 Å². The van der Waals surface area contributed by atoms with Gasteiger partial charge in [0.1, 0.15) is 6.04 Å². The van der Waals surface area contributed by atoms with Crippen LogP contribution >= 0.6 is 11.6 Å². The van der Waals surface area contributed by atoms with E-state index in [2.05, 4.69) is 12.2 Å². The van der Waals surface area contributed by atoms with Crippen molar-refractivity contribution in [2.75, 3.05) is 24.6 Å². The van der Waals surface area contributed by atoms with Crippen LogP contribution in [0.25, 0.3) is 0 Å². The van der Waals surface area contributed by atoms with E-state index in [1.54, 1.807) is 6.07 Å². The largest absolute Gasteiger partial charge is 0.394 e. The number of halogens is 1. The second-order valence-corrected chi connectivity index (χ2v) is 5.12. The molecule has 1 heterocycles. The zero-order valence-corrected chi connectivity index (χ0v) is 11.0. The predicted octanol–water partition coefficient (Wildman–Crippen LogP) is 1.27. The summed E-state index contributed by atoms with van der Waals surface area (Å²) in [5.74, 6) is 0.186. The fourth-order valence-electron chi connectivity index (χ4n) is 2.18. The van der Waals surface area contributed by atoms with Crippen molar-refractivity contribution in [2.45, 2.75) is 13.0 Å². The van der Waals surface area contributed by atoms with Gasteiger partial charge < -0.3 is 15.3 Å². The predicted molar refractivity (Wildman–Crippen MR) is 71.8 cm³/mol. The van der Waals surface area contributed by atoms with E-state index < -0.39 is 6.04 Å². The minimum absolute atomic E-state index is 0.137. The Morgan fingerprint density at radius 2 is 2.33 bits per heavy atom. The Kier molecular flexibility index (Phi) is 4.09. The van der Waals surface area contributed by atoms with Gasteiger partial charge in [0.25, 0.3) is 0 Å². The normalized spacial score (nSPS) is 24.6. The van der Waals surface area contributed by atoms with Crippen molar-refractivity contribution in [1.29, 1.82) is 0 Å². The first-order chi connectivity index (χ1) is 8.61. The summed E-state index contributed by atoms with van der Waals surface area (Å²) in [4.78, 5) is 13.8. The highest BCUT2D eigenvalue weighted by molar-refractivity contribution is 6.30. The molecule has 1 saturated heterocycles. The molecule has 2 unspecified atom stereocenters. The quantitative estimate of drug-likeness (QED) is 0.849. The fraction of sp³-hybridized carbons (Fsp3) is 0.462. The molecule has 0 saturated carbocycles. The van der Waals surface area contributed by atoms with Crippen LogP contribution in [0.2, 0.25) is 5.02 Å². The molecular weight excluding hydrogens is 252 g/mol. The third-order valence-electron chi connectivity index (χ3n) is 3.12. The number of hydrogen-bond donors (Lipinski definition) is 2. The number of rotatable bonds is 2. The van der Waals surface area contributed by atoms with Crippen LogP contribution in [0.3, 0.4) is 0 Å². The fourth-order valence-corrected chi connectivity index (χ4v) is 2.37. The Bertz CT molecular complexity index is 439. The van der Waals surface area contributed by atoms with Gasteiger partial charge in [-0.15, -0.1) is 0 Å². The number of carbonyl (C=O) groups excluding carboxylic acids is 1. The summed E-state index contributed by atoms with van der Waals surface area (Å²) in [5, 5.41) is 12.9. The molecule has 1 aliphatic rings. The molecule has 1 aromatic rings. The highest BCUT2D eigenvalue weighted by atomic mass is 35.5. The van der Waals surface area contributed by atoms with Crippen molar-refractivity contribution in [3.8, 4) is 0 Å². The third-order valence-corrected chi connectivity index (χ3v) is 3.36. The van der Waals surface area contributed by atoms with E-state index in [1.165, 1.54) is 0 Å². The molecular formula is C13H17ClN2O2. The van der Waals surface area contributed by atoms with Crippen molar-refractivity contribution in [1.82, 2.24) is 5.32 Å². The van der Waals surface area contributed by atoms with Gasteiger partial charge in [0.15, 0.2) is 0 Å². The van der Waals surface area contributed by atoms with E-state index in [-0.39, 0.29) is 12.5 Å². The summed E-state index contributed by atoms with van der Waals surface area (Å²) < 4.78 is 0. The monoisotopic (exact) mass is 268 g/mol. The van der Waals surface area contributed by atoms with E-state index >= 15 is 0 Å². The van der Waals surface area contributed by atoms with E-state index in [4.69, 9.17) is 11.6 Å². The molecule has 4 nitrogen and oxygen atoms in total. The van der Waals surface area contributed by atoms with Gasteiger partial charge >= 0.3 is 0 Å². The zero-order chi connectivity index (χ0) is 13.1. The van der Waals surface area contributed by atoms with Crippen molar-refractivity contribution in [3.05, 3.63) is 29.3 Å². The SMILES string of the molecule is CC1CNC(=O)C(CO)N(c2cccc(Cl)c2)C1. The molecule has 1 amide bonds. The summed E-state index contributed by atoms with van der Waals surface area (Å²) >= 11 is 5.98. The molecule has 1 fully saturated rings. The molecule has 2 rings (SSSR count). The molecule has 0 aliphatic carbocycles. The van der Waals surface area contributed by atoms with Gasteiger partial charge in [-0.2, -0.15) is 0 Å². The number of aliphatic hydroxyl groups excluding tert-OH is 1. The number of amides is 1. The number of anilines is 1.